The van der Waals surface area contributed by atoms with Gasteiger partial charge in [0, 0.05) is 10.9 Å². The first-order chi connectivity index (χ1) is 18.6. The van der Waals surface area contributed by atoms with Crippen molar-refractivity contribution < 1.29 is 19.7 Å². The molecule has 2 aromatic rings. The van der Waals surface area contributed by atoms with E-state index in [0.717, 1.165) is 52.4 Å². The normalized spacial score (nSPS) is 40.3. The van der Waals surface area contributed by atoms with Gasteiger partial charge in [-0.1, -0.05) is 18.2 Å². The van der Waals surface area contributed by atoms with E-state index in [1.54, 1.807) is 5.56 Å². The molecule has 8 fully saturated rings. The fourth-order valence-electron chi connectivity index (χ4n) is 11.7. The molecule has 2 N–H and O–H groups in total. The summed E-state index contributed by atoms with van der Waals surface area (Å²) in [5, 5.41) is 22.0. The van der Waals surface area contributed by atoms with Gasteiger partial charge in [0.25, 0.3) is 0 Å². The van der Waals surface area contributed by atoms with Crippen LogP contribution in [0.1, 0.15) is 88.2 Å². The molecule has 0 saturated heterocycles. The molecular formula is C34H44O4. The minimum absolute atomic E-state index is 0.00882. The molecule has 204 valence electrons. The van der Waals surface area contributed by atoms with Gasteiger partial charge in [-0.05, 0) is 140 Å². The Labute approximate surface area is 227 Å². The van der Waals surface area contributed by atoms with Crippen LogP contribution in [0.15, 0.2) is 24.3 Å². The molecule has 0 aliphatic heterocycles. The Morgan fingerprint density at radius 3 is 1.50 bits per heavy atom. The average Bonchev–Trinajstić information content (AvgIpc) is 2.88. The van der Waals surface area contributed by atoms with Crippen LogP contribution in [0.25, 0.3) is 10.8 Å². The molecule has 0 spiro atoms. The average molecular weight is 517 g/mol. The smallest absolute Gasteiger partial charge is 0.169 e. The zero-order valence-electron chi connectivity index (χ0n) is 22.8. The zero-order valence-corrected chi connectivity index (χ0v) is 22.8. The second-order valence-corrected chi connectivity index (χ2v) is 14.5. The molecule has 8 saturated carbocycles. The third-order valence-electron chi connectivity index (χ3n) is 12.0. The van der Waals surface area contributed by atoms with Gasteiger partial charge in [0.05, 0.1) is 13.2 Å². The Morgan fingerprint density at radius 1 is 0.579 bits per heavy atom. The molecule has 0 aromatic heterocycles. The number of hydrogen-bond donors (Lipinski definition) is 2. The molecule has 0 amide bonds. The molecule has 8 aliphatic rings. The van der Waals surface area contributed by atoms with E-state index in [2.05, 4.69) is 24.3 Å². The highest BCUT2D eigenvalue weighted by Gasteiger charge is 2.54. The summed E-state index contributed by atoms with van der Waals surface area (Å²) < 4.78 is 12.9. The van der Waals surface area contributed by atoms with Crippen LogP contribution in [0.3, 0.4) is 0 Å². The second kappa shape index (κ2) is 8.86. The van der Waals surface area contributed by atoms with E-state index < -0.39 is 0 Å². The van der Waals surface area contributed by atoms with Gasteiger partial charge in [0.2, 0.25) is 0 Å². The Kier molecular flexibility index (Phi) is 5.61. The first-order valence-corrected chi connectivity index (χ1v) is 15.7. The maximum Gasteiger partial charge on any atom is 0.169 e. The summed E-state index contributed by atoms with van der Waals surface area (Å²) in [6.45, 7) is 0.508. The van der Waals surface area contributed by atoms with E-state index in [0.29, 0.717) is 5.41 Å². The van der Waals surface area contributed by atoms with Gasteiger partial charge in [0.1, 0.15) is 13.2 Å². The molecule has 8 bridgehead atoms. The molecule has 0 atom stereocenters. The van der Waals surface area contributed by atoms with Gasteiger partial charge < -0.3 is 19.7 Å². The molecule has 0 heterocycles. The SMILES string of the molecule is OCCOc1c(C23CC4CC(CC(C4)C2)C3)cc2c(C34CC5CC(CC(C5)C3)C4)cccc2c1OCCO. The molecule has 8 aliphatic carbocycles. The van der Waals surface area contributed by atoms with Crippen LogP contribution in [0.4, 0.5) is 0 Å². The van der Waals surface area contributed by atoms with Gasteiger partial charge in [0.15, 0.2) is 11.5 Å². The Hall–Kier alpha value is -1.78. The van der Waals surface area contributed by atoms with E-state index >= 15 is 0 Å². The molecule has 0 radical (unpaired) electrons. The highest BCUT2D eigenvalue weighted by Crippen LogP contribution is 2.65. The summed E-state index contributed by atoms with van der Waals surface area (Å²) in [6, 6.07) is 9.45. The standard InChI is InChI=1S/C34H44O4/c35-4-6-37-31-27-2-1-3-29(33-15-21-8-22(16-33)10-23(9-21)17-33)28(27)14-30(32(31)38-7-5-36)34-18-24-11-25(19-34)13-26(12-24)20-34/h1-3,14,21-26,35-36H,4-13,15-20H2. The lowest BCUT2D eigenvalue weighted by atomic mass is 9.47. The number of hydrogen-bond acceptors (Lipinski definition) is 4. The molecule has 10 rings (SSSR count). The van der Waals surface area contributed by atoms with E-state index in [4.69, 9.17) is 9.47 Å². The number of fused-ring (bicyclic) bond motifs is 1. The minimum Gasteiger partial charge on any atom is -0.487 e. The molecule has 4 nitrogen and oxygen atoms in total. The monoisotopic (exact) mass is 516 g/mol. The van der Waals surface area contributed by atoms with Crippen molar-refractivity contribution in [2.45, 2.75) is 87.9 Å². The van der Waals surface area contributed by atoms with Crippen LogP contribution in [-0.4, -0.2) is 36.6 Å². The third kappa shape index (κ3) is 3.61. The van der Waals surface area contributed by atoms with Crippen molar-refractivity contribution in [1.29, 1.82) is 0 Å². The van der Waals surface area contributed by atoms with Crippen LogP contribution < -0.4 is 9.47 Å². The summed E-state index contributed by atoms with van der Waals surface area (Å²) in [5.74, 6) is 6.87. The fraction of sp³-hybridized carbons (Fsp3) is 0.706. The largest absolute Gasteiger partial charge is 0.487 e. The third-order valence-corrected chi connectivity index (χ3v) is 12.0. The van der Waals surface area contributed by atoms with Crippen molar-refractivity contribution in [2.24, 2.45) is 35.5 Å². The van der Waals surface area contributed by atoms with E-state index in [1.165, 1.54) is 88.0 Å². The van der Waals surface area contributed by atoms with Crippen LogP contribution in [-0.2, 0) is 10.8 Å². The van der Waals surface area contributed by atoms with E-state index in [-0.39, 0.29) is 31.8 Å². The topological polar surface area (TPSA) is 58.9 Å². The second-order valence-electron chi connectivity index (χ2n) is 14.5. The number of rotatable bonds is 8. The first kappa shape index (κ1) is 24.1. The highest BCUT2D eigenvalue weighted by atomic mass is 16.5. The van der Waals surface area contributed by atoms with Crippen LogP contribution in [0, 0.1) is 35.5 Å². The van der Waals surface area contributed by atoms with Crippen LogP contribution >= 0.6 is 0 Å². The molecule has 0 unspecified atom stereocenters. The first-order valence-electron chi connectivity index (χ1n) is 15.7. The lowest BCUT2D eigenvalue weighted by molar-refractivity contribution is -0.00695. The molecule has 2 aromatic carbocycles. The quantitative estimate of drug-likeness (QED) is 0.420. The number of aliphatic hydroxyl groups is 2. The lowest BCUT2D eigenvalue weighted by Gasteiger charge is -2.58. The minimum atomic E-state index is -0.0167. The fourth-order valence-corrected chi connectivity index (χ4v) is 11.7. The maximum absolute atomic E-state index is 9.77. The number of ether oxygens (including phenoxy) is 2. The predicted molar refractivity (Wildman–Crippen MR) is 149 cm³/mol. The van der Waals surface area contributed by atoms with Crippen molar-refractivity contribution in [3.63, 3.8) is 0 Å². The van der Waals surface area contributed by atoms with Crippen molar-refractivity contribution in [1.82, 2.24) is 0 Å². The van der Waals surface area contributed by atoms with Crippen molar-refractivity contribution in [3.8, 4) is 11.5 Å². The summed E-state index contributed by atoms with van der Waals surface area (Å²) >= 11 is 0. The zero-order chi connectivity index (χ0) is 25.5. The van der Waals surface area contributed by atoms with Gasteiger partial charge in [-0.25, -0.2) is 0 Å². The number of benzene rings is 2. The van der Waals surface area contributed by atoms with Gasteiger partial charge in [-0.2, -0.15) is 0 Å². The van der Waals surface area contributed by atoms with E-state index in [9.17, 15) is 10.2 Å². The van der Waals surface area contributed by atoms with E-state index in [1.807, 2.05) is 0 Å². The van der Waals surface area contributed by atoms with Crippen LogP contribution in [0.2, 0.25) is 0 Å². The lowest BCUT2D eigenvalue weighted by Crippen LogP contribution is -2.49. The predicted octanol–water partition coefficient (Wildman–Crippen LogP) is 6.52. The summed E-state index contributed by atoms with van der Waals surface area (Å²) in [4.78, 5) is 0. The van der Waals surface area contributed by atoms with Crippen molar-refractivity contribution in [2.75, 3.05) is 26.4 Å². The maximum atomic E-state index is 9.77. The Morgan fingerprint density at radius 2 is 1.03 bits per heavy atom. The Balaban J connectivity index is 1.35. The summed E-state index contributed by atoms with van der Waals surface area (Å²) in [5.41, 5.74) is 3.36. The summed E-state index contributed by atoms with van der Waals surface area (Å²) in [6.07, 6.45) is 16.4. The number of aliphatic hydroxyl groups excluding tert-OH is 2. The Bertz CT molecular complexity index is 1160. The van der Waals surface area contributed by atoms with Gasteiger partial charge >= 0.3 is 0 Å². The summed E-state index contributed by atoms with van der Waals surface area (Å²) in [7, 11) is 0. The van der Waals surface area contributed by atoms with Gasteiger partial charge in [-0.15, -0.1) is 0 Å². The van der Waals surface area contributed by atoms with Gasteiger partial charge in [-0.3, -0.25) is 0 Å². The van der Waals surface area contributed by atoms with Crippen molar-refractivity contribution >= 4 is 10.8 Å². The molecular weight excluding hydrogens is 472 g/mol. The molecule has 4 heteroatoms. The molecule has 38 heavy (non-hydrogen) atoms. The van der Waals surface area contributed by atoms with Crippen LogP contribution in [0.5, 0.6) is 11.5 Å². The van der Waals surface area contributed by atoms with Crippen molar-refractivity contribution in [3.05, 3.63) is 35.4 Å². The highest BCUT2D eigenvalue weighted by molar-refractivity contribution is 5.95.